The maximum atomic E-state index is 13.1. The maximum absolute atomic E-state index is 13.1. The summed E-state index contributed by atoms with van der Waals surface area (Å²) in [6, 6.07) is 12.8. The topological polar surface area (TPSA) is 93.1 Å². The van der Waals surface area contributed by atoms with E-state index in [9.17, 15) is 19.5 Å². The number of hydrogen-bond acceptors (Lipinski definition) is 6. The lowest BCUT2D eigenvalue weighted by atomic mass is 9.95. The molecule has 7 heteroatoms. The number of benzene rings is 2. The summed E-state index contributed by atoms with van der Waals surface area (Å²) < 4.78 is 10.8. The Hall–Kier alpha value is -3.61. The zero-order valence-electron chi connectivity index (χ0n) is 20.6. The first-order valence-corrected chi connectivity index (χ1v) is 12.2. The molecule has 2 aromatic carbocycles. The lowest BCUT2D eigenvalue weighted by Crippen LogP contribution is -2.30. The number of aliphatic hydroxyl groups is 1. The van der Waals surface area contributed by atoms with Crippen molar-refractivity contribution in [3.8, 4) is 11.5 Å². The first-order valence-electron chi connectivity index (χ1n) is 12.2. The summed E-state index contributed by atoms with van der Waals surface area (Å²) in [6.45, 7) is 6.45. The van der Waals surface area contributed by atoms with Crippen LogP contribution >= 0.6 is 0 Å². The van der Waals surface area contributed by atoms with Crippen LogP contribution in [0.4, 0.5) is 0 Å². The van der Waals surface area contributed by atoms with E-state index in [0.717, 1.165) is 32.1 Å². The van der Waals surface area contributed by atoms with E-state index in [1.54, 1.807) is 48.5 Å². The molecular formula is C28H33NO6. The predicted molar refractivity (Wildman–Crippen MR) is 133 cm³/mol. The van der Waals surface area contributed by atoms with Gasteiger partial charge < -0.3 is 19.5 Å². The minimum Gasteiger partial charge on any atom is -0.507 e. The van der Waals surface area contributed by atoms with Crippen LogP contribution in [-0.4, -0.2) is 40.8 Å². The lowest BCUT2D eigenvalue weighted by Gasteiger charge is -2.25. The molecule has 1 unspecified atom stereocenters. The third-order valence-electron chi connectivity index (χ3n) is 5.89. The van der Waals surface area contributed by atoms with Crippen molar-refractivity contribution in [3.63, 3.8) is 0 Å². The molecule has 0 saturated carbocycles. The van der Waals surface area contributed by atoms with Gasteiger partial charge in [0.25, 0.3) is 11.7 Å². The van der Waals surface area contributed by atoms with Crippen LogP contribution in [-0.2, 0) is 14.4 Å². The highest BCUT2D eigenvalue weighted by Crippen LogP contribution is 2.40. The molecular weight excluding hydrogens is 446 g/mol. The Morgan fingerprint density at radius 1 is 0.914 bits per heavy atom. The molecule has 0 bridgehead atoms. The summed E-state index contributed by atoms with van der Waals surface area (Å²) in [6.07, 6.45) is 4.74. The van der Waals surface area contributed by atoms with Crippen LogP contribution < -0.4 is 9.47 Å². The zero-order valence-corrected chi connectivity index (χ0v) is 20.6. The van der Waals surface area contributed by atoms with E-state index in [1.165, 1.54) is 11.8 Å². The number of rotatable bonds is 11. The molecule has 35 heavy (non-hydrogen) atoms. The number of likely N-dealkylation sites (tertiary alicyclic amines) is 1. The Morgan fingerprint density at radius 3 is 2.14 bits per heavy atom. The number of hydrogen-bond donors (Lipinski definition) is 1. The molecule has 1 aliphatic heterocycles. The summed E-state index contributed by atoms with van der Waals surface area (Å²) in [5.74, 6) is -0.976. The SMILES string of the molecule is CCCCCOc1ccc(/C(O)=C2/C(=O)C(=O)N(CCCC)C2c2ccc(OC(C)=O)cc2)cc1. The summed E-state index contributed by atoms with van der Waals surface area (Å²) in [5.41, 5.74) is 1.12. The van der Waals surface area contributed by atoms with Crippen LogP contribution in [0.15, 0.2) is 54.1 Å². The molecule has 1 N–H and O–H groups in total. The van der Waals surface area contributed by atoms with Gasteiger partial charge in [0.2, 0.25) is 0 Å². The molecule has 186 valence electrons. The molecule has 1 aliphatic rings. The normalized spacial score (nSPS) is 17.0. The van der Waals surface area contributed by atoms with Gasteiger partial charge in [0.15, 0.2) is 0 Å². The molecule has 7 nitrogen and oxygen atoms in total. The summed E-state index contributed by atoms with van der Waals surface area (Å²) in [4.78, 5) is 38.7. The van der Waals surface area contributed by atoms with E-state index in [4.69, 9.17) is 9.47 Å². The summed E-state index contributed by atoms with van der Waals surface area (Å²) in [7, 11) is 0. The third-order valence-corrected chi connectivity index (χ3v) is 5.89. The standard InChI is InChI=1S/C28H33NO6/c1-4-6-8-18-34-22-13-11-21(12-14-22)26(31)24-25(29(17-7-5-2)28(33)27(24)32)20-9-15-23(16-10-20)35-19(3)30/h9-16,25,31H,4-8,17-18H2,1-3H3/b26-24-. The number of unbranched alkanes of at least 4 members (excludes halogenated alkanes) is 3. The second-order valence-electron chi connectivity index (χ2n) is 8.59. The van der Waals surface area contributed by atoms with Crippen molar-refractivity contribution in [2.24, 2.45) is 0 Å². The summed E-state index contributed by atoms with van der Waals surface area (Å²) >= 11 is 0. The largest absolute Gasteiger partial charge is 0.507 e. The first-order chi connectivity index (χ1) is 16.9. The molecule has 1 atom stereocenters. The molecule has 0 spiro atoms. The zero-order chi connectivity index (χ0) is 25.4. The molecule has 0 aliphatic carbocycles. The Balaban J connectivity index is 1.95. The number of esters is 1. The molecule has 1 fully saturated rings. The molecule has 0 aromatic heterocycles. The van der Waals surface area contributed by atoms with Gasteiger partial charge in [0.1, 0.15) is 17.3 Å². The number of carbonyl (C=O) groups excluding carboxylic acids is 3. The molecule has 0 radical (unpaired) electrons. The van der Waals surface area contributed by atoms with Crippen LogP contribution in [0.25, 0.3) is 5.76 Å². The van der Waals surface area contributed by atoms with E-state index >= 15 is 0 Å². The number of amides is 1. The number of Topliss-reactive ketones (excluding diaryl/α,β-unsaturated/α-hetero) is 1. The fraction of sp³-hybridized carbons (Fsp3) is 0.393. The van der Waals surface area contributed by atoms with Gasteiger partial charge in [-0.05, 0) is 54.8 Å². The summed E-state index contributed by atoms with van der Waals surface area (Å²) in [5, 5.41) is 11.2. The van der Waals surface area contributed by atoms with Crippen LogP contribution in [0.3, 0.4) is 0 Å². The Kier molecular flexibility index (Phi) is 9.06. The maximum Gasteiger partial charge on any atom is 0.308 e. The van der Waals surface area contributed by atoms with Gasteiger partial charge in [-0.2, -0.15) is 0 Å². The van der Waals surface area contributed by atoms with Gasteiger partial charge in [-0.25, -0.2) is 0 Å². The van der Waals surface area contributed by atoms with Gasteiger partial charge in [-0.1, -0.05) is 45.2 Å². The Labute approximate surface area is 206 Å². The number of ether oxygens (including phenoxy) is 2. The fourth-order valence-corrected chi connectivity index (χ4v) is 4.08. The van der Waals surface area contributed by atoms with Crippen LogP contribution in [0.1, 0.15) is 70.0 Å². The number of ketones is 1. The molecule has 3 rings (SSSR count). The molecule has 2 aromatic rings. The smallest absolute Gasteiger partial charge is 0.308 e. The third kappa shape index (κ3) is 6.29. The second kappa shape index (κ2) is 12.2. The van der Waals surface area contributed by atoms with Crippen LogP contribution in [0.5, 0.6) is 11.5 Å². The van der Waals surface area contributed by atoms with Gasteiger partial charge in [0.05, 0.1) is 18.2 Å². The average Bonchev–Trinajstić information content (AvgIpc) is 3.10. The number of nitrogens with zero attached hydrogens (tertiary/aromatic N) is 1. The Bertz CT molecular complexity index is 1070. The fourth-order valence-electron chi connectivity index (χ4n) is 4.08. The number of carbonyl (C=O) groups is 3. The highest BCUT2D eigenvalue weighted by molar-refractivity contribution is 6.46. The minimum absolute atomic E-state index is 0.0444. The van der Waals surface area contributed by atoms with E-state index in [-0.39, 0.29) is 11.3 Å². The Morgan fingerprint density at radius 2 is 1.54 bits per heavy atom. The highest BCUT2D eigenvalue weighted by atomic mass is 16.5. The van der Waals surface area contributed by atoms with Crippen molar-refractivity contribution in [1.29, 1.82) is 0 Å². The van der Waals surface area contributed by atoms with Crippen molar-refractivity contribution in [2.75, 3.05) is 13.2 Å². The predicted octanol–water partition coefficient (Wildman–Crippen LogP) is 5.40. The average molecular weight is 480 g/mol. The van der Waals surface area contributed by atoms with Crippen molar-refractivity contribution in [3.05, 3.63) is 65.2 Å². The van der Waals surface area contributed by atoms with Crippen molar-refractivity contribution < 1.29 is 29.0 Å². The van der Waals surface area contributed by atoms with E-state index in [0.29, 0.717) is 35.8 Å². The van der Waals surface area contributed by atoms with Crippen molar-refractivity contribution in [2.45, 2.75) is 58.9 Å². The first kappa shape index (κ1) is 26.0. The van der Waals surface area contributed by atoms with E-state index in [2.05, 4.69) is 6.92 Å². The van der Waals surface area contributed by atoms with Gasteiger partial charge in [-0.15, -0.1) is 0 Å². The van der Waals surface area contributed by atoms with Crippen molar-refractivity contribution >= 4 is 23.4 Å². The lowest BCUT2D eigenvalue weighted by molar-refractivity contribution is -0.139. The molecule has 1 amide bonds. The monoisotopic (exact) mass is 479 g/mol. The van der Waals surface area contributed by atoms with Gasteiger partial charge >= 0.3 is 5.97 Å². The molecule has 1 heterocycles. The number of aliphatic hydroxyl groups excluding tert-OH is 1. The van der Waals surface area contributed by atoms with E-state index < -0.39 is 23.7 Å². The quantitative estimate of drug-likeness (QED) is 0.116. The van der Waals surface area contributed by atoms with Crippen LogP contribution in [0, 0.1) is 0 Å². The highest BCUT2D eigenvalue weighted by Gasteiger charge is 2.45. The van der Waals surface area contributed by atoms with Gasteiger partial charge in [0, 0.05) is 19.0 Å². The van der Waals surface area contributed by atoms with E-state index in [1.807, 2.05) is 6.92 Å². The minimum atomic E-state index is -0.738. The van der Waals surface area contributed by atoms with Crippen molar-refractivity contribution in [1.82, 2.24) is 4.90 Å². The molecule has 1 saturated heterocycles. The second-order valence-corrected chi connectivity index (χ2v) is 8.59. The van der Waals surface area contributed by atoms with Gasteiger partial charge in [-0.3, -0.25) is 14.4 Å². The van der Waals surface area contributed by atoms with Crippen LogP contribution in [0.2, 0.25) is 0 Å².